The van der Waals surface area contributed by atoms with Gasteiger partial charge in [0.25, 0.3) is 0 Å². The smallest absolute Gasteiger partial charge is 0.390 e. The van der Waals surface area contributed by atoms with Gasteiger partial charge in [-0.25, -0.2) is 18.7 Å². The third-order valence-corrected chi connectivity index (χ3v) is 12.7. The van der Waals surface area contributed by atoms with Gasteiger partial charge in [-0.1, -0.05) is 129 Å². The molecule has 7 nitrogen and oxygen atoms in total. The fourth-order valence-corrected chi connectivity index (χ4v) is 8.41. The van der Waals surface area contributed by atoms with Crippen LogP contribution in [0.3, 0.4) is 0 Å². The van der Waals surface area contributed by atoms with Crippen molar-refractivity contribution in [2.24, 2.45) is 16.2 Å². The van der Waals surface area contributed by atoms with E-state index in [9.17, 15) is 62.7 Å². The van der Waals surface area contributed by atoms with Gasteiger partial charge in [0.1, 0.15) is 28.5 Å². The molecular formula is C57H55ClF11N3O4. The number of hydrogen-bond donors (Lipinski definition) is 2. The molecule has 0 radical (unpaired) electrons. The normalized spacial score (nSPS) is 14.0. The van der Waals surface area contributed by atoms with E-state index < -0.39 is 76.8 Å². The highest BCUT2D eigenvalue weighted by atomic mass is 35.5. The van der Waals surface area contributed by atoms with E-state index in [-0.39, 0.29) is 37.0 Å². The second-order valence-electron chi connectivity index (χ2n) is 19.2. The summed E-state index contributed by atoms with van der Waals surface area (Å²) in [6, 6.07) is 38.2. The third-order valence-electron chi connectivity index (χ3n) is 12.2. The molecule has 2 aromatic heterocycles. The molecule has 406 valence electrons. The number of ketones is 1. The highest BCUT2D eigenvalue weighted by Crippen LogP contribution is 2.40. The number of Topliss-reactive ketones (excluding diaryl/α,β-unsaturated/α-hetero) is 1. The minimum absolute atomic E-state index is 0.0130. The fourth-order valence-electron chi connectivity index (χ4n) is 8.28. The standard InChI is InChI=1S/C23H21F4NO.C12H12ClF3O.C12H13F3O2.C10H9FN2/c1-15-18(11-17-9-6-10-19(24)21(17)28-15)12-20(29)22(2,14-23(25,26)27)13-16-7-4-3-5-8-16;1-11(10(13)17,8-12(14,15)16)7-9-5-3-2-4-6-9;1-11(10(16)17,8-12(13,14)15)7-9-5-3-2-4-6-9;1-6-9(12)5-7-3-2-4-8(11)10(7)13-6/h3-11H,12-14H2,1-2H3;2-6H,7-8H2,1H3;2-6H,7-8H2,1H3,(H,16,17);2-5H,12H2,1H3. The van der Waals surface area contributed by atoms with Gasteiger partial charge in [-0.05, 0) is 98.2 Å². The number of aliphatic carboxylic acids is 1. The van der Waals surface area contributed by atoms with Gasteiger partial charge >= 0.3 is 24.5 Å². The van der Waals surface area contributed by atoms with E-state index >= 15 is 0 Å². The number of carboxylic acids is 1. The van der Waals surface area contributed by atoms with E-state index in [1.54, 1.807) is 135 Å². The molecule has 0 aliphatic rings. The van der Waals surface area contributed by atoms with Crippen LogP contribution in [0.4, 0.5) is 54.0 Å². The minimum atomic E-state index is -4.48. The van der Waals surface area contributed by atoms with Crippen molar-refractivity contribution >= 4 is 56.1 Å². The molecular weight excluding hydrogens is 1040 g/mol. The maximum Gasteiger partial charge on any atom is 0.390 e. The summed E-state index contributed by atoms with van der Waals surface area (Å²) < 4.78 is 141. The molecule has 76 heavy (non-hydrogen) atoms. The molecule has 0 aliphatic carbocycles. The number of fused-ring (bicyclic) bond motifs is 2. The Morgan fingerprint density at radius 3 is 1.26 bits per heavy atom. The number of aromatic nitrogens is 2. The monoisotopic (exact) mass is 1090 g/mol. The molecule has 0 aliphatic heterocycles. The van der Waals surface area contributed by atoms with Crippen LogP contribution in [0.25, 0.3) is 21.8 Å². The highest BCUT2D eigenvalue weighted by molar-refractivity contribution is 6.64. The number of halogens is 12. The Kier molecular flexibility index (Phi) is 20.9. The number of nitrogen functional groups attached to an aromatic ring is 1. The summed E-state index contributed by atoms with van der Waals surface area (Å²) in [7, 11) is 0. The lowest BCUT2D eigenvalue weighted by molar-refractivity contribution is -0.176. The summed E-state index contributed by atoms with van der Waals surface area (Å²) in [5.41, 5.74) is 5.30. The van der Waals surface area contributed by atoms with Crippen molar-refractivity contribution in [3.63, 3.8) is 0 Å². The first-order valence-electron chi connectivity index (χ1n) is 23.4. The number of alkyl halides is 9. The Hall–Kier alpha value is -6.95. The lowest BCUT2D eigenvalue weighted by atomic mass is 9.74. The quantitative estimate of drug-likeness (QED) is 0.0821. The number of nitrogens with zero attached hydrogens (tertiary/aromatic N) is 2. The summed E-state index contributed by atoms with van der Waals surface area (Å²) in [5, 5.41) is 9.25. The number of carboxylic acid groups (broad SMARTS) is 1. The largest absolute Gasteiger partial charge is 0.481 e. The number of anilines is 1. The Labute approximate surface area is 437 Å². The number of nitrogens with two attached hydrogens (primary N) is 1. The Morgan fingerprint density at radius 1 is 0.513 bits per heavy atom. The molecule has 0 amide bonds. The van der Waals surface area contributed by atoms with Gasteiger partial charge in [-0.3, -0.25) is 14.4 Å². The molecule has 19 heteroatoms. The first kappa shape index (κ1) is 61.6. The predicted molar refractivity (Wildman–Crippen MR) is 271 cm³/mol. The summed E-state index contributed by atoms with van der Waals surface area (Å²) in [6.07, 6.45) is -17.5. The Bertz CT molecular complexity index is 2990. The van der Waals surface area contributed by atoms with Crippen molar-refractivity contribution in [1.82, 2.24) is 9.97 Å². The zero-order chi connectivity index (χ0) is 56.9. The number of para-hydroxylation sites is 2. The summed E-state index contributed by atoms with van der Waals surface area (Å²) in [6.45, 7) is 7.12. The highest BCUT2D eigenvalue weighted by Gasteiger charge is 2.46. The molecule has 3 atom stereocenters. The van der Waals surface area contributed by atoms with Gasteiger partial charge in [-0.15, -0.1) is 0 Å². The van der Waals surface area contributed by atoms with Gasteiger partial charge in [0.2, 0.25) is 5.24 Å². The van der Waals surface area contributed by atoms with E-state index in [1.807, 2.05) is 0 Å². The number of pyridine rings is 2. The van der Waals surface area contributed by atoms with Crippen LogP contribution in [0.5, 0.6) is 0 Å². The van der Waals surface area contributed by atoms with Crippen LogP contribution in [0.2, 0.25) is 0 Å². The number of carbonyl (C=O) groups is 3. The van der Waals surface area contributed by atoms with Gasteiger partial charge in [0, 0.05) is 28.3 Å². The molecule has 0 spiro atoms. The molecule has 0 saturated carbocycles. The number of carbonyl (C=O) groups excluding carboxylic acids is 2. The number of rotatable bonds is 14. The number of benzene rings is 5. The van der Waals surface area contributed by atoms with Crippen LogP contribution < -0.4 is 5.73 Å². The average Bonchev–Trinajstić information content (AvgIpc) is 3.30. The van der Waals surface area contributed by atoms with Crippen LogP contribution in [-0.4, -0.2) is 50.6 Å². The van der Waals surface area contributed by atoms with Crippen LogP contribution in [0, 0.1) is 41.7 Å². The van der Waals surface area contributed by atoms with Crippen molar-refractivity contribution < 1.29 is 67.8 Å². The zero-order valence-electron chi connectivity index (χ0n) is 41.9. The SMILES string of the molecule is CC(Cc1ccccc1)(CC(F)(F)F)C(=O)Cl.CC(Cc1ccccc1)(CC(F)(F)F)C(=O)O.Cc1nc2c(F)cccc2cc1CC(=O)C(C)(Cc1ccccc1)CC(F)(F)F.Cc1nc2c(F)cccc2cc1N. The number of aryl methyl sites for hydroxylation is 2. The fraction of sp³-hybridized carbons (Fsp3) is 0.316. The van der Waals surface area contributed by atoms with E-state index in [0.29, 0.717) is 50.2 Å². The van der Waals surface area contributed by atoms with Gasteiger partial charge < -0.3 is 10.8 Å². The Balaban J connectivity index is 0.000000230. The second kappa shape index (κ2) is 25.7. The van der Waals surface area contributed by atoms with E-state index in [1.165, 1.54) is 32.0 Å². The zero-order valence-corrected chi connectivity index (χ0v) is 42.7. The van der Waals surface area contributed by atoms with Crippen LogP contribution >= 0.6 is 11.6 Å². The van der Waals surface area contributed by atoms with Crippen molar-refractivity contribution in [3.8, 4) is 0 Å². The molecule has 2 heterocycles. The molecule has 0 saturated heterocycles. The van der Waals surface area contributed by atoms with Crippen molar-refractivity contribution in [1.29, 1.82) is 0 Å². The molecule has 7 rings (SSSR count). The van der Waals surface area contributed by atoms with Crippen molar-refractivity contribution in [2.75, 3.05) is 5.73 Å². The van der Waals surface area contributed by atoms with E-state index in [0.717, 1.165) is 12.3 Å². The lowest BCUT2D eigenvalue weighted by Gasteiger charge is -2.29. The Morgan fingerprint density at radius 2 is 0.868 bits per heavy atom. The topological polar surface area (TPSA) is 123 Å². The molecule has 0 bridgehead atoms. The van der Waals surface area contributed by atoms with Crippen LogP contribution in [-0.2, 0) is 40.1 Å². The molecule has 5 aromatic carbocycles. The summed E-state index contributed by atoms with van der Waals surface area (Å²) in [4.78, 5) is 43.6. The van der Waals surface area contributed by atoms with E-state index in [4.69, 9.17) is 22.4 Å². The number of hydrogen-bond acceptors (Lipinski definition) is 6. The van der Waals surface area contributed by atoms with Crippen molar-refractivity contribution in [2.45, 2.75) is 98.1 Å². The first-order valence-corrected chi connectivity index (χ1v) is 23.7. The average molecular weight is 1090 g/mol. The third kappa shape index (κ3) is 19.0. The van der Waals surface area contributed by atoms with Crippen LogP contribution in [0.15, 0.2) is 140 Å². The minimum Gasteiger partial charge on any atom is -0.481 e. The molecule has 3 unspecified atom stereocenters. The lowest BCUT2D eigenvalue weighted by Crippen LogP contribution is -2.36. The predicted octanol–water partition coefficient (Wildman–Crippen LogP) is 15.5. The molecule has 0 fully saturated rings. The van der Waals surface area contributed by atoms with Gasteiger partial charge in [0.15, 0.2) is 0 Å². The molecule has 7 aromatic rings. The van der Waals surface area contributed by atoms with Crippen molar-refractivity contribution in [3.05, 3.63) is 185 Å². The summed E-state index contributed by atoms with van der Waals surface area (Å²) in [5.74, 6) is -2.73. The van der Waals surface area contributed by atoms with Crippen LogP contribution in [0.1, 0.15) is 73.7 Å². The molecule has 3 N–H and O–H groups in total. The second-order valence-corrected chi connectivity index (χ2v) is 19.6. The first-order chi connectivity index (χ1) is 35.2. The maximum atomic E-state index is 13.9. The van der Waals surface area contributed by atoms with Gasteiger partial charge in [-0.2, -0.15) is 39.5 Å². The van der Waals surface area contributed by atoms with E-state index in [2.05, 4.69) is 9.97 Å². The summed E-state index contributed by atoms with van der Waals surface area (Å²) >= 11 is 5.30. The van der Waals surface area contributed by atoms with Gasteiger partial charge in [0.05, 0.1) is 41.5 Å². The maximum absolute atomic E-state index is 13.9.